The van der Waals surface area contributed by atoms with E-state index in [9.17, 15) is 4.79 Å². The van der Waals surface area contributed by atoms with Gasteiger partial charge in [-0.3, -0.25) is 4.79 Å². The van der Waals surface area contributed by atoms with E-state index in [1.165, 1.54) is 6.20 Å². The minimum atomic E-state index is -0.194. The second-order valence-corrected chi connectivity index (χ2v) is 4.38. The molecule has 0 aliphatic rings. The van der Waals surface area contributed by atoms with Crippen molar-refractivity contribution in [2.45, 2.75) is 6.54 Å². The largest absolute Gasteiger partial charge is 0.372 e. The van der Waals surface area contributed by atoms with Gasteiger partial charge in [0.05, 0.1) is 10.6 Å². The third-order valence-electron chi connectivity index (χ3n) is 2.64. The molecular weight excluding hydrogens is 262 g/mol. The molecule has 0 bridgehead atoms. The summed E-state index contributed by atoms with van der Waals surface area (Å²) in [4.78, 5) is 16.0. The van der Waals surface area contributed by atoms with Crippen molar-refractivity contribution in [3.05, 3.63) is 58.7 Å². The molecule has 98 valence electrons. The van der Waals surface area contributed by atoms with Crippen LogP contribution in [0.25, 0.3) is 0 Å². The van der Waals surface area contributed by atoms with E-state index < -0.39 is 0 Å². The average molecular weight is 276 g/mol. The zero-order chi connectivity index (χ0) is 13.7. The molecule has 2 aromatic rings. The van der Waals surface area contributed by atoms with Crippen LogP contribution in [0.4, 0.5) is 5.82 Å². The highest BCUT2D eigenvalue weighted by molar-refractivity contribution is 6.33. The zero-order valence-corrected chi connectivity index (χ0v) is 11.2. The quantitative estimate of drug-likeness (QED) is 0.902. The summed E-state index contributed by atoms with van der Waals surface area (Å²) in [6.45, 7) is 0.477. The molecule has 0 atom stereocenters. The Kier molecular flexibility index (Phi) is 4.36. The molecule has 19 heavy (non-hydrogen) atoms. The SMILES string of the molecule is CNc1ncc(C(=O)NCc2ccccc2)cc1Cl. The fraction of sp³-hybridized carbons (Fsp3) is 0.143. The lowest BCUT2D eigenvalue weighted by Gasteiger charge is -2.07. The van der Waals surface area contributed by atoms with Crippen molar-refractivity contribution in [3.8, 4) is 0 Å². The molecule has 0 spiro atoms. The van der Waals surface area contributed by atoms with Crippen molar-refractivity contribution in [3.63, 3.8) is 0 Å². The third-order valence-corrected chi connectivity index (χ3v) is 2.92. The Balaban J connectivity index is 2.02. The number of benzene rings is 1. The van der Waals surface area contributed by atoms with E-state index in [0.717, 1.165) is 5.56 Å². The Morgan fingerprint density at radius 2 is 2.05 bits per heavy atom. The summed E-state index contributed by atoms with van der Waals surface area (Å²) in [5.74, 6) is 0.363. The Labute approximate surface area is 116 Å². The Morgan fingerprint density at radius 1 is 1.32 bits per heavy atom. The lowest BCUT2D eigenvalue weighted by Crippen LogP contribution is -2.23. The van der Waals surface area contributed by atoms with Gasteiger partial charge in [-0.1, -0.05) is 41.9 Å². The number of carbonyl (C=O) groups is 1. The lowest BCUT2D eigenvalue weighted by molar-refractivity contribution is 0.0950. The number of carbonyl (C=O) groups excluding carboxylic acids is 1. The van der Waals surface area contributed by atoms with E-state index in [1.54, 1.807) is 13.1 Å². The van der Waals surface area contributed by atoms with Crippen LogP contribution >= 0.6 is 11.6 Å². The summed E-state index contributed by atoms with van der Waals surface area (Å²) in [7, 11) is 1.73. The highest BCUT2D eigenvalue weighted by Gasteiger charge is 2.08. The third kappa shape index (κ3) is 3.45. The maximum Gasteiger partial charge on any atom is 0.253 e. The molecule has 2 rings (SSSR count). The molecule has 1 aromatic heterocycles. The number of rotatable bonds is 4. The average Bonchev–Trinajstić information content (AvgIpc) is 2.45. The first kappa shape index (κ1) is 13.4. The molecule has 1 heterocycles. The van der Waals surface area contributed by atoms with Gasteiger partial charge < -0.3 is 10.6 Å². The fourth-order valence-electron chi connectivity index (χ4n) is 1.63. The first-order valence-corrected chi connectivity index (χ1v) is 6.24. The van der Waals surface area contributed by atoms with Gasteiger partial charge in [-0.15, -0.1) is 0 Å². The van der Waals surface area contributed by atoms with Gasteiger partial charge in [-0.25, -0.2) is 4.98 Å². The maximum atomic E-state index is 11.9. The number of hydrogen-bond donors (Lipinski definition) is 2. The minimum absolute atomic E-state index is 0.194. The molecular formula is C14H14ClN3O. The van der Waals surface area contributed by atoms with Gasteiger partial charge in [0.25, 0.3) is 5.91 Å². The molecule has 0 unspecified atom stereocenters. The van der Waals surface area contributed by atoms with E-state index in [0.29, 0.717) is 22.9 Å². The summed E-state index contributed by atoms with van der Waals surface area (Å²) in [6.07, 6.45) is 1.50. The van der Waals surface area contributed by atoms with Gasteiger partial charge in [0.1, 0.15) is 5.82 Å². The van der Waals surface area contributed by atoms with Crippen LogP contribution in [0.5, 0.6) is 0 Å². The highest BCUT2D eigenvalue weighted by atomic mass is 35.5. The highest BCUT2D eigenvalue weighted by Crippen LogP contribution is 2.19. The van der Waals surface area contributed by atoms with E-state index in [2.05, 4.69) is 15.6 Å². The molecule has 1 amide bonds. The molecule has 0 aliphatic heterocycles. The predicted molar refractivity (Wildman–Crippen MR) is 76.4 cm³/mol. The predicted octanol–water partition coefficient (Wildman–Crippen LogP) is 2.71. The number of nitrogens with one attached hydrogen (secondary N) is 2. The van der Waals surface area contributed by atoms with Gasteiger partial charge in [0, 0.05) is 19.8 Å². The van der Waals surface area contributed by atoms with Gasteiger partial charge >= 0.3 is 0 Å². The van der Waals surface area contributed by atoms with E-state index in [-0.39, 0.29) is 5.91 Å². The number of halogens is 1. The molecule has 0 saturated heterocycles. The Bertz CT molecular complexity index is 572. The van der Waals surface area contributed by atoms with Crippen molar-refractivity contribution >= 4 is 23.3 Å². The van der Waals surface area contributed by atoms with E-state index >= 15 is 0 Å². The van der Waals surface area contributed by atoms with Crippen molar-refractivity contribution in [1.29, 1.82) is 0 Å². The van der Waals surface area contributed by atoms with Crippen LogP contribution in [0, 0.1) is 0 Å². The Morgan fingerprint density at radius 3 is 2.68 bits per heavy atom. The van der Waals surface area contributed by atoms with Gasteiger partial charge in [0.2, 0.25) is 0 Å². The van der Waals surface area contributed by atoms with Crippen LogP contribution in [-0.4, -0.2) is 17.9 Å². The molecule has 2 N–H and O–H groups in total. The van der Waals surface area contributed by atoms with Gasteiger partial charge in [-0.2, -0.15) is 0 Å². The van der Waals surface area contributed by atoms with Crippen LogP contribution < -0.4 is 10.6 Å². The van der Waals surface area contributed by atoms with Gasteiger partial charge in [0.15, 0.2) is 0 Å². The van der Waals surface area contributed by atoms with Crippen LogP contribution in [-0.2, 0) is 6.54 Å². The van der Waals surface area contributed by atoms with Crippen molar-refractivity contribution in [1.82, 2.24) is 10.3 Å². The molecule has 1 aromatic carbocycles. The Hall–Kier alpha value is -2.07. The van der Waals surface area contributed by atoms with Crippen molar-refractivity contribution in [2.24, 2.45) is 0 Å². The van der Waals surface area contributed by atoms with Gasteiger partial charge in [-0.05, 0) is 11.6 Å². The first-order chi connectivity index (χ1) is 9.20. The summed E-state index contributed by atoms with van der Waals surface area (Å²) in [5.41, 5.74) is 1.49. The standard InChI is InChI=1S/C14H14ClN3O/c1-16-13-12(15)7-11(9-17-13)14(19)18-8-10-5-3-2-4-6-10/h2-7,9H,8H2,1H3,(H,16,17)(H,18,19). The normalized spacial score (nSPS) is 10.0. The molecule has 5 heteroatoms. The van der Waals surface area contributed by atoms with Crippen molar-refractivity contribution in [2.75, 3.05) is 12.4 Å². The number of hydrogen-bond acceptors (Lipinski definition) is 3. The number of anilines is 1. The molecule has 0 fully saturated rings. The van der Waals surface area contributed by atoms with Crippen molar-refractivity contribution < 1.29 is 4.79 Å². The number of nitrogens with zero attached hydrogens (tertiary/aromatic N) is 1. The minimum Gasteiger partial charge on any atom is -0.372 e. The van der Waals surface area contributed by atoms with Crippen LogP contribution in [0.2, 0.25) is 5.02 Å². The zero-order valence-electron chi connectivity index (χ0n) is 10.5. The molecule has 0 saturated carbocycles. The van der Waals surface area contributed by atoms with Crippen LogP contribution in [0.15, 0.2) is 42.6 Å². The van der Waals surface area contributed by atoms with Crippen LogP contribution in [0.1, 0.15) is 15.9 Å². The second kappa shape index (κ2) is 6.20. The number of amides is 1. The van der Waals surface area contributed by atoms with E-state index in [1.807, 2.05) is 30.3 Å². The smallest absolute Gasteiger partial charge is 0.253 e. The number of aromatic nitrogens is 1. The first-order valence-electron chi connectivity index (χ1n) is 5.86. The molecule has 0 radical (unpaired) electrons. The molecule has 0 aliphatic carbocycles. The number of pyridine rings is 1. The summed E-state index contributed by atoms with van der Waals surface area (Å²) in [5, 5.41) is 6.09. The van der Waals surface area contributed by atoms with E-state index in [4.69, 9.17) is 11.6 Å². The van der Waals surface area contributed by atoms with Crippen LogP contribution in [0.3, 0.4) is 0 Å². The second-order valence-electron chi connectivity index (χ2n) is 3.97. The fourth-order valence-corrected chi connectivity index (χ4v) is 1.89. The summed E-state index contributed by atoms with van der Waals surface area (Å²) >= 11 is 5.99. The maximum absolute atomic E-state index is 11.9. The summed E-state index contributed by atoms with van der Waals surface area (Å²) < 4.78 is 0. The topological polar surface area (TPSA) is 54.0 Å². The molecule has 4 nitrogen and oxygen atoms in total. The summed E-state index contributed by atoms with van der Waals surface area (Å²) in [6, 6.07) is 11.3. The lowest BCUT2D eigenvalue weighted by atomic mass is 10.2. The monoisotopic (exact) mass is 275 g/mol.